The minimum Gasteiger partial charge on any atom is -0.363 e. The highest BCUT2D eigenvalue weighted by atomic mass is 16.1. The first-order valence-electron chi connectivity index (χ1n) is 4.43. The highest BCUT2D eigenvalue weighted by Gasteiger charge is 2.08. The van der Waals surface area contributed by atoms with Crippen molar-refractivity contribution < 1.29 is 4.79 Å². The van der Waals surface area contributed by atoms with Crippen LogP contribution in [0, 0.1) is 0 Å². The number of aryl methyl sites for hydroxylation is 1. The molecule has 72 valence electrons. The van der Waals surface area contributed by atoms with E-state index in [1.807, 2.05) is 0 Å². The van der Waals surface area contributed by atoms with Crippen LogP contribution in [0.3, 0.4) is 0 Å². The summed E-state index contributed by atoms with van der Waals surface area (Å²) in [7, 11) is 0. The highest BCUT2D eigenvalue weighted by molar-refractivity contribution is 5.88. The first-order chi connectivity index (χ1) is 6.25. The number of aromatic nitrogens is 3. The highest BCUT2D eigenvalue weighted by Crippen LogP contribution is 1.99. The number of carbonyl (C=O) groups is 1. The van der Waals surface area contributed by atoms with E-state index >= 15 is 0 Å². The fourth-order valence-electron chi connectivity index (χ4n) is 1.13. The monoisotopic (exact) mass is 182 g/mol. The van der Waals surface area contributed by atoms with E-state index in [9.17, 15) is 4.79 Å². The lowest BCUT2D eigenvalue weighted by atomic mass is 10.2. The molecule has 0 aliphatic carbocycles. The summed E-state index contributed by atoms with van der Waals surface area (Å²) in [6, 6.07) is 0. The molecule has 5 heteroatoms. The Bertz CT molecular complexity index is 281. The molecule has 0 saturated carbocycles. The van der Waals surface area contributed by atoms with Crippen LogP contribution >= 0.6 is 0 Å². The number of nitrogens with two attached hydrogens (primary N) is 1. The molecular weight excluding hydrogens is 168 g/mol. The number of hydrogen-bond donors (Lipinski definition) is 1. The van der Waals surface area contributed by atoms with Gasteiger partial charge >= 0.3 is 0 Å². The van der Waals surface area contributed by atoms with Gasteiger partial charge in [-0.3, -0.25) is 4.79 Å². The molecule has 13 heavy (non-hydrogen) atoms. The minimum absolute atomic E-state index is 0.246. The van der Waals surface area contributed by atoms with E-state index in [4.69, 9.17) is 5.73 Å². The molecule has 0 fully saturated rings. The molecule has 0 aromatic carbocycles. The lowest BCUT2D eigenvalue weighted by molar-refractivity contribution is 0.0984. The van der Waals surface area contributed by atoms with E-state index in [2.05, 4.69) is 17.0 Å². The van der Waals surface area contributed by atoms with E-state index in [-0.39, 0.29) is 5.82 Å². The van der Waals surface area contributed by atoms with Crippen LogP contribution in [-0.4, -0.2) is 20.7 Å². The summed E-state index contributed by atoms with van der Waals surface area (Å²) in [6.07, 6.45) is 4.62. The van der Waals surface area contributed by atoms with Crippen molar-refractivity contribution in [3.05, 3.63) is 12.2 Å². The Kier molecular flexibility index (Phi) is 3.42. The second kappa shape index (κ2) is 4.59. The maximum Gasteiger partial charge on any atom is 0.286 e. The lowest BCUT2D eigenvalue weighted by Crippen LogP contribution is -2.19. The Labute approximate surface area is 76.9 Å². The fourth-order valence-corrected chi connectivity index (χ4v) is 1.13. The van der Waals surface area contributed by atoms with Gasteiger partial charge in [-0.2, -0.15) is 5.10 Å². The molecule has 1 aromatic heterocycles. The molecule has 1 heterocycles. The molecule has 0 saturated heterocycles. The number of rotatable bonds is 5. The van der Waals surface area contributed by atoms with E-state index in [1.165, 1.54) is 6.33 Å². The molecule has 2 N–H and O–H groups in total. The quantitative estimate of drug-likeness (QED) is 0.676. The van der Waals surface area contributed by atoms with Crippen LogP contribution in [0.25, 0.3) is 0 Å². The fraction of sp³-hybridized carbons (Fsp3) is 0.625. The van der Waals surface area contributed by atoms with Crippen LogP contribution in [0.1, 0.15) is 36.8 Å². The van der Waals surface area contributed by atoms with Gasteiger partial charge in [0.1, 0.15) is 6.33 Å². The van der Waals surface area contributed by atoms with Gasteiger partial charge in [0.05, 0.1) is 0 Å². The van der Waals surface area contributed by atoms with Crippen molar-refractivity contribution in [2.45, 2.75) is 32.7 Å². The number of carbonyl (C=O) groups excluding carboxylic acids is 1. The number of nitrogens with zero attached hydrogens (tertiary/aromatic N) is 3. The summed E-state index contributed by atoms with van der Waals surface area (Å²) in [5.74, 6) is -0.273. The van der Waals surface area contributed by atoms with Gasteiger partial charge in [-0.25, -0.2) is 9.67 Å². The van der Waals surface area contributed by atoms with Crippen LogP contribution in [0.4, 0.5) is 0 Å². The molecule has 5 nitrogen and oxygen atoms in total. The van der Waals surface area contributed by atoms with Gasteiger partial charge in [0.15, 0.2) is 0 Å². The molecule has 0 bridgehead atoms. The molecule has 1 aromatic rings. The molecule has 0 aliphatic heterocycles. The molecule has 0 aliphatic rings. The van der Waals surface area contributed by atoms with Crippen LogP contribution < -0.4 is 5.73 Å². The summed E-state index contributed by atoms with van der Waals surface area (Å²) < 4.78 is 1.55. The Morgan fingerprint density at radius 2 is 2.38 bits per heavy atom. The van der Waals surface area contributed by atoms with E-state index in [0.29, 0.717) is 6.54 Å². The summed E-state index contributed by atoms with van der Waals surface area (Å²) in [5.41, 5.74) is 5.10. The third kappa shape index (κ3) is 2.54. The third-order valence-corrected chi connectivity index (χ3v) is 1.81. The van der Waals surface area contributed by atoms with Gasteiger partial charge in [-0.1, -0.05) is 19.8 Å². The molecular formula is C8H14N4O. The zero-order valence-corrected chi connectivity index (χ0v) is 7.73. The van der Waals surface area contributed by atoms with Crippen LogP contribution in [0.5, 0.6) is 0 Å². The molecule has 1 rings (SSSR count). The van der Waals surface area contributed by atoms with Crippen molar-refractivity contribution in [1.29, 1.82) is 0 Å². The molecule has 0 atom stereocenters. The average Bonchev–Trinajstić information content (AvgIpc) is 2.53. The number of hydrogen-bond acceptors (Lipinski definition) is 3. The normalized spacial score (nSPS) is 10.2. The maximum absolute atomic E-state index is 10.8. The van der Waals surface area contributed by atoms with Crippen molar-refractivity contribution in [3.8, 4) is 0 Å². The topological polar surface area (TPSA) is 73.8 Å². The second-order valence-electron chi connectivity index (χ2n) is 2.88. The first-order valence-corrected chi connectivity index (χ1v) is 4.43. The predicted octanol–water partition coefficient (Wildman–Crippen LogP) is 0.567. The van der Waals surface area contributed by atoms with Crippen molar-refractivity contribution >= 4 is 5.91 Å². The van der Waals surface area contributed by atoms with Crippen molar-refractivity contribution in [3.63, 3.8) is 0 Å². The molecule has 0 unspecified atom stereocenters. The molecule has 1 amide bonds. The predicted molar refractivity (Wildman–Crippen MR) is 48.1 cm³/mol. The zero-order valence-electron chi connectivity index (χ0n) is 7.73. The van der Waals surface area contributed by atoms with Gasteiger partial charge in [-0.15, -0.1) is 0 Å². The molecule has 0 radical (unpaired) electrons. The van der Waals surface area contributed by atoms with E-state index in [0.717, 1.165) is 19.3 Å². The Hall–Kier alpha value is -1.39. The van der Waals surface area contributed by atoms with Crippen molar-refractivity contribution in [2.75, 3.05) is 0 Å². The Morgan fingerprint density at radius 3 is 3.00 bits per heavy atom. The van der Waals surface area contributed by atoms with Gasteiger partial charge in [0.2, 0.25) is 5.82 Å². The van der Waals surface area contributed by atoms with Crippen LogP contribution in [-0.2, 0) is 6.54 Å². The zero-order chi connectivity index (χ0) is 9.68. The minimum atomic E-state index is -0.519. The van der Waals surface area contributed by atoms with E-state index < -0.39 is 5.91 Å². The van der Waals surface area contributed by atoms with Gasteiger partial charge < -0.3 is 5.73 Å². The largest absolute Gasteiger partial charge is 0.363 e. The standard InChI is InChI=1S/C8H14N4O/c1-2-3-4-5-12-8(7(9)13)10-6-11-12/h6H,2-5H2,1H3,(H2,9,13). The van der Waals surface area contributed by atoms with Crippen molar-refractivity contribution in [2.24, 2.45) is 5.73 Å². The maximum atomic E-state index is 10.8. The number of primary amides is 1. The Morgan fingerprint density at radius 1 is 1.62 bits per heavy atom. The number of amides is 1. The summed E-state index contributed by atoms with van der Waals surface area (Å²) in [6.45, 7) is 2.84. The summed E-state index contributed by atoms with van der Waals surface area (Å²) in [4.78, 5) is 14.6. The summed E-state index contributed by atoms with van der Waals surface area (Å²) in [5, 5.41) is 3.91. The van der Waals surface area contributed by atoms with Crippen LogP contribution in [0.2, 0.25) is 0 Å². The van der Waals surface area contributed by atoms with Gasteiger partial charge in [0, 0.05) is 6.54 Å². The van der Waals surface area contributed by atoms with E-state index in [1.54, 1.807) is 4.68 Å². The molecule has 0 spiro atoms. The SMILES string of the molecule is CCCCCn1ncnc1C(N)=O. The van der Waals surface area contributed by atoms with Crippen molar-refractivity contribution in [1.82, 2.24) is 14.8 Å². The van der Waals surface area contributed by atoms with Gasteiger partial charge in [0.25, 0.3) is 5.91 Å². The second-order valence-corrected chi connectivity index (χ2v) is 2.88. The van der Waals surface area contributed by atoms with Crippen LogP contribution in [0.15, 0.2) is 6.33 Å². The Balaban J connectivity index is 2.55. The average molecular weight is 182 g/mol. The lowest BCUT2D eigenvalue weighted by Gasteiger charge is -2.01. The van der Waals surface area contributed by atoms with Gasteiger partial charge in [-0.05, 0) is 6.42 Å². The number of unbranched alkanes of at least 4 members (excludes halogenated alkanes) is 2. The smallest absolute Gasteiger partial charge is 0.286 e. The summed E-state index contributed by atoms with van der Waals surface area (Å²) >= 11 is 0. The first kappa shape index (κ1) is 9.70. The third-order valence-electron chi connectivity index (χ3n) is 1.81.